The molecule has 0 saturated heterocycles. The number of amides is 1. The molecule has 7 heteroatoms. The topological polar surface area (TPSA) is 75.3 Å². The summed E-state index contributed by atoms with van der Waals surface area (Å²) >= 11 is 6.06. The molecular formula is C23H21ClN2O3S. The van der Waals surface area contributed by atoms with Gasteiger partial charge in [-0.05, 0) is 67.4 Å². The first-order valence-corrected chi connectivity index (χ1v) is 11.0. The van der Waals surface area contributed by atoms with Crippen LogP contribution in [0.3, 0.4) is 0 Å². The van der Waals surface area contributed by atoms with Crippen LogP contribution in [0, 0.1) is 13.8 Å². The van der Waals surface area contributed by atoms with Crippen molar-refractivity contribution in [2.24, 2.45) is 0 Å². The molecule has 0 aromatic heterocycles. The van der Waals surface area contributed by atoms with Crippen LogP contribution >= 0.6 is 11.6 Å². The Morgan fingerprint density at radius 2 is 1.67 bits per heavy atom. The van der Waals surface area contributed by atoms with E-state index in [1.54, 1.807) is 24.3 Å². The van der Waals surface area contributed by atoms with E-state index in [2.05, 4.69) is 10.0 Å². The van der Waals surface area contributed by atoms with Gasteiger partial charge in [0.05, 0.1) is 10.6 Å². The van der Waals surface area contributed by atoms with E-state index in [1.165, 1.54) is 30.3 Å². The van der Waals surface area contributed by atoms with Crippen molar-refractivity contribution in [3.63, 3.8) is 0 Å². The number of benzene rings is 3. The van der Waals surface area contributed by atoms with E-state index >= 15 is 0 Å². The maximum atomic E-state index is 12.6. The van der Waals surface area contributed by atoms with Gasteiger partial charge in [-0.3, -0.25) is 9.52 Å². The Morgan fingerprint density at radius 3 is 2.33 bits per heavy atom. The molecule has 0 atom stereocenters. The van der Waals surface area contributed by atoms with Gasteiger partial charge in [-0.15, -0.1) is 0 Å². The molecule has 1 amide bonds. The number of hydrogen-bond donors (Lipinski definition) is 2. The van der Waals surface area contributed by atoms with Crippen molar-refractivity contribution in [2.45, 2.75) is 18.7 Å². The van der Waals surface area contributed by atoms with Crippen LogP contribution < -0.4 is 10.0 Å². The predicted octanol–water partition coefficient (Wildman–Crippen LogP) is 5.41. The molecule has 5 nitrogen and oxygen atoms in total. The first kappa shape index (κ1) is 21.6. The molecule has 0 fully saturated rings. The van der Waals surface area contributed by atoms with Gasteiger partial charge in [-0.1, -0.05) is 47.5 Å². The zero-order valence-electron chi connectivity index (χ0n) is 16.5. The smallest absolute Gasteiger partial charge is 0.261 e. The molecule has 0 bridgehead atoms. The van der Waals surface area contributed by atoms with E-state index in [9.17, 15) is 13.2 Å². The SMILES string of the molecule is Cc1ccc(NS(=O)(=O)c2ccc(NC(=O)C=Cc3ccccc3Cl)cc2)c(C)c1. The summed E-state index contributed by atoms with van der Waals surface area (Å²) in [6.45, 7) is 3.79. The molecule has 0 radical (unpaired) electrons. The van der Waals surface area contributed by atoms with Gasteiger partial charge in [-0.25, -0.2) is 8.42 Å². The second-order valence-electron chi connectivity index (χ2n) is 6.79. The molecule has 0 saturated carbocycles. The lowest BCUT2D eigenvalue weighted by atomic mass is 10.1. The fraction of sp³-hybridized carbons (Fsp3) is 0.0870. The molecule has 30 heavy (non-hydrogen) atoms. The molecular weight excluding hydrogens is 420 g/mol. The van der Waals surface area contributed by atoms with Gasteiger partial charge in [0.25, 0.3) is 10.0 Å². The number of carbonyl (C=O) groups excluding carboxylic acids is 1. The zero-order valence-corrected chi connectivity index (χ0v) is 18.1. The number of rotatable bonds is 6. The van der Waals surface area contributed by atoms with E-state index < -0.39 is 10.0 Å². The van der Waals surface area contributed by atoms with E-state index in [-0.39, 0.29) is 10.8 Å². The summed E-state index contributed by atoms with van der Waals surface area (Å²) in [5.74, 6) is -0.348. The lowest BCUT2D eigenvalue weighted by molar-refractivity contribution is -0.111. The molecule has 2 N–H and O–H groups in total. The van der Waals surface area contributed by atoms with Gasteiger partial charge in [0.2, 0.25) is 5.91 Å². The normalized spacial score (nSPS) is 11.4. The third-order valence-corrected chi connectivity index (χ3v) is 6.10. The second-order valence-corrected chi connectivity index (χ2v) is 8.88. The van der Waals surface area contributed by atoms with Crippen molar-refractivity contribution in [2.75, 3.05) is 10.0 Å². The molecule has 0 aliphatic carbocycles. The van der Waals surface area contributed by atoms with Crippen LogP contribution in [0.2, 0.25) is 5.02 Å². The summed E-state index contributed by atoms with van der Waals surface area (Å²) in [5, 5.41) is 3.24. The van der Waals surface area contributed by atoms with Crippen molar-refractivity contribution >= 4 is 45.0 Å². The van der Waals surface area contributed by atoms with Crippen molar-refractivity contribution in [1.82, 2.24) is 0 Å². The maximum Gasteiger partial charge on any atom is 0.261 e. The molecule has 0 aliphatic heterocycles. The molecule has 0 unspecified atom stereocenters. The Labute approximate surface area is 181 Å². The fourth-order valence-electron chi connectivity index (χ4n) is 2.81. The summed E-state index contributed by atoms with van der Waals surface area (Å²) < 4.78 is 27.9. The van der Waals surface area contributed by atoms with Crippen LogP contribution in [0.5, 0.6) is 0 Å². The predicted molar refractivity (Wildman–Crippen MR) is 122 cm³/mol. The number of carbonyl (C=O) groups is 1. The monoisotopic (exact) mass is 440 g/mol. The number of nitrogens with one attached hydrogen (secondary N) is 2. The summed E-state index contributed by atoms with van der Waals surface area (Å²) in [5.41, 5.74) is 3.64. The zero-order chi connectivity index (χ0) is 21.7. The molecule has 0 spiro atoms. The number of aryl methyl sites for hydroxylation is 2. The Morgan fingerprint density at radius 1 is 0.967 bits per heavy atom. The summed E-state index contributed by atoms with van der Waals surface area (Å²) in [6, 6.07) is 18.6. The summed E-state index contributed by atoms with van der Waals surface area (Å²) in [7, 11) is -3.74. The van der Waals surface area contributed by atoms with Gasteiger partial charge in [0.15, 0.2) is 0 Å². The summed E-state index contributed by atoms with van der Waals surface area (Å²) in [6.07, 6.45) is 2.98. The van der Waals surface area contributed by atoms with Gasteiger partial charge < -0.3 is 5.32 Å². The second kappa shape index (κ2) is 9.15. The molecule has 0 aliphatic rings. The van der Waals surface area contributed by atoms with Gasteiger partial charge in [0.1, 0.15) is 0 Å². The number of halogens is 1. The van der Waals surface area contributed by atoms with Crippen molar-refractivity contribution < 1.29 is 13.2 Å². The van der Waals surface area contributed by atoms with Crippen molar-refractivity contribution in [3.8, 4) is 0 Å². The third kappa shape index (κ3) is 5.49. The van der Waals surface area contributed by atoms with Gasteiger partial charge in [0, 0.05) is 16.8 Å². The average Bonchev–Trinajstić information content (AvgIpc) is 2.70. The minimum atomic E-state index is -3.74. The highest BCUT2D eigenvalue weighted by Gasteiger charge is 2.15. The highest BCUT2D eigenvalue weighted by molar-refractivity contribution is 7.92. The number of sulfonamides is 1. The Balaban J connectivity index is 1.68. The van der Waals surface area contributed by atoms with E-state index in [1.807, 2.05) is 38.1 Å². The third-order valence-electron chi connectivity index (χ3n) is 4.38. The van der Waals surface area contributed by atoms with Gasteiger partial charge in [-0.2, -0.15) is 0 Å². The maximum absolute atomic E-state index is 12.6. The Kier molecular flexibility index (Phi) is 6.59. The number of anilines is 2. The molecule has 3 aromatic carbocycles. The van der Waals surface area contributed by atoms with Crippen LogP contribution in [-0.4, -0.2) is 14.3 Å². The minimum Gasteiger partial charge on any atom is -0.323 e. The molecule has 154 valence electrons. The van der Waals surface area contributed by atoms with E-state index in [0.29, 0.717) is 16.4 Å². The van der Waals surface area contributed by atoms with Crippen LogP contribution in [0.25, 0.3) is 6.08 Å². The van der Waals surface area contributed by atoms with Crippen LogP contribution in [0.1, 0.15) is 16.7 Å². The first-order valence-electron chi connectivity index (χ1n) is 9.18. The van der Waals surface area contributed by atoms with Gasteiger partial charge >= 0.3 is 0 Å². The Hall–Kier alpha value is -3.09. The fourth-order valence-corrected chi connectivity index (χ4v) is 4.14. The van der Waals surface area contributed by atoms with Crippen molar-refractivity contribution in [1.29, 1.82) is 0 Å². The van der Waals surface area contributed by atoms with E-state index in [0.717, 1.165) is 16.7 Å². The standard InChI is InChI=1S/C23H21ClN2O3S/c1-16-7-13-22(17(2)15-16)26-30(28,29)20-11-9-19(10-12-20)25-23(27)14-8-18-5-3-4-6-21(18)24/h3-15,26H,1-2H3,(H,25,27). The molecule has 3 rings (SSSR count). The minimum absolute atomic E-state index is 0.104. The van der Waals surface area contributed by atoms with Crippen LogP contribution in [-0.2, 0) is 14.8 Å². The number of hydrogen-bond acceptors (Lipinski definition) is 3. The van der Waals surface area contributed by atoms with Crippen molar-refractivity contribution in [3.05, 3.63) is 94.5 Å². The van der Waals surface area contributed by atoms with E-state index in [4.69, 9.17) is 11.6 Å². The van der Waals surface area contributed by atoms with Crippen LogP contribution in [0.4, 0.5) is 11.4 Å². The summed E-state index contributed by atoms with van der Waals surface area (Å²) in [4.78, 5) is 12.2. The quantitative estimate of drug-likeness (QED) is 0.503. The lowest BCUT2D eigenvalue weighted by Gasteiger charge is -2.11. The molecule has 3 aromatic rings. The molecule has 0 heterocycles. The highest BCUT2D eigenvalue weighted by atomic mass is 35.5. The first-order chi connectivity index (χ1) is 14.2. The average molecular weight is 441 g/mol. The van der Waals surface area contributed by atoms with Crippen LogP contribution in [0.15, 0.2) is 77.7 Å². The lowest BCUT2D eigenvalue weighted by Crippen LogP contribution is -2.14. The largest absolute Gasteiger partial charge is 0.323 e. The Bertz CT molecular complexity index is 1200. The highest BCUT2D eigenvalue weighted by Crippen LogP contribution is 2.22.